The van der Waals surface area contributed by atoms with Crippen molar-refractivity contribution in [2.75, 3.05) is 19.9 Å². The van der Waals surface area contributed by atoms with E-state index in [1.807, 2.05) is 0 Å². The number of nitrogens with zero attached hydrogens (tertiary/aromatic N) is 1. The summed E-state index contributed by atoms with van der Waals surface area (Å²) in [6.07, 6.45) is 0.979. The van der Waals surface area contributed by atoms with Crippen molar-refractivity contribution >= 4 is 31.5 Å². The summed E-state index contributed by atoms with van der Waals surface area (Å²) in [6, 6.07) is 2.83. The van der Waals surface area contributed by atoms with Crippen molar-refractivity contribution in [1.82, 2.24) is 4.31 Å². The third kappa shape index (κ3) is 3.50. The van der Waals surface area contributed by atoms with Crippen molar-refractivity contribution in [2.24, 2.45) is 0 Å². The molecule has 1 aromatic rings. The van der Waals surface area contributed by atoms with E-state index < -0.39 is 25.9 Å². The molecule has 1 N–H and O–H groups in total. The molecular weight excluding hydrogens is 326 g/mol. The van der Waals surface area contributed by atoms with Crippen LogP contribution in [0.2, 0.25) is 5.02 Å². The normalized spacial score (nSPS) is 14.5. The van der Waals surface area contributed by atoms with E-state index in [-0.39, 0.29) is 21.4 Å². The molecule has 20 heavy (non-hydrogen) atoms. The standard InChI is InChI=1S/C11H16ClNO5S2/c1-8(7-14)13(2)20(17,18)11-6-9(19(3,15)16)4-5-10(11)12/h4-6,8,14H,7H2,1-3H3. The van der Waals surface area contributed by atoms with E-state index in [0.717, 1.165) is 16.6 Å². The first kappa shape index (κ1) is 17.4. The van der Waals surface area contributed by atoms with Crippen molar-refractivity contribution < 1.29 is 21.9 Å². The molecule has 0 fully saturated rings. The van der Waals surface area contributed by atoms with Crippen LogP contribution in [0.3, 0.4) is 0 Å². The van der Waals surface area contributed by atoms with Gasteiger partial charge < -0.3 is 5.11 Å². The highest BCUT2D eigenvalue weighted by atomic mass is 35.5. The number of aliphatic hydroxyl groups excluding tert-OH is 1. The van der Waals surface area contributed by atoms with E-state index in [0.29, 0.717) is 0 Å². The largest absolute Gasteiger partial charge is 0.395 e. The Bertz CT molecular complexity index is 700. The highest BCUT2D eigenvalue weighted by Gasteiger charge is 2.28. The average Bonchev–Trinajstić information content (AvgIpc) is 2.35. The fraction of sp³-hybridized carbons (Fsp3) is 0.455. The van der Waals surface area contributed by atoms with Crippen LogP contribution in [0.4, 0.5) is 0 Å². The number of sulfonamides is 1. The van der Waals surface area contributed by atoms with Crippen LogP contribution in [0, 0.1) is 0 Å². The zero-order valence-corrected chi connectivity index (χ0v) is 13.6. The van der Waals surface area contributed by atoms with Crippen LogP contribution in [-0.4, -0.2) is 52.2 Å². The second-order valence-corrected chi connectivity index (χ2v) is 8.81. The number of sulfone groups is 1. The van der Waals surface area contributed by atoms with Crippen molar-refractivity contribution in [3.05, 3.63) is 23.2 Å². The van der Waals surface area contributed by atoms with Crippen LogP contribution < -0.4 is 0 Å². The lowest BCUT2D eigenvalue weighted by Crippen LogP contribution is -2.37. The highest BCUT2D eigenvalue weighted by molar-refractivity contribution is 7.91. The number of benzene rings is 1. The molecule has 0 radical (unpaired) electrons. The lowest BCUT2D eigenvalue weighted by atomic mass is 10.4. The molecule has 1 aromatic carbocycles. The fourth-order valence-electron chi connectivity index (χ4n) is 1.42. The van der Waals surface area contributed by atoms with Gasteiger partial charge in [-0.25, -0.2) is 16.8 Å². The molecule has 0 bridgehead atoms. The summed E-state index contributed by atoms with van der Waals surface area (Å²) in [6.45, 7) is 1.16. The Morgan fingerprint density at radius 2 is 1.85 bits per heavy atom. The summed E-state index contributed by atoms with van der Waals surface area (Å²) in [7, 11) is -6.24. The maximum absolute atomic E-state index is 12.4. The minimum Gasteiger partial charge on any atom is -0.395 e. The van der Waals surface area contributed by atoms with Gasteiger partial charge in [-0.1, -0.05) is 11.6 Å². The van der Waals surface area contributed by atoms with Gasteiger partial charge in [0.1, 0.15) is 4.90 Å². The molecule has 0 saturated carbocycles. The monoisotopic (exact) mass is 341 g/mol. The number of hydrogen-bond acceptors (Lipinski definition) is 5. The second-order valence-electron chi connectivity index (χ2n) is 4.42. The summed E-state index contributed by atoms with van der Waals surface area (Å²) < 4.78 is 48.7. The topological polar surface area (TPSA) is 91.8 Å². The first-order valence-corrected chi connectivity index (χ1v) is 9.31. The fourth-order valence-corrected chi connectivity index (χ4v) is 3.99. The van der Waals surface area contributed by atoms with Crippen LogP contribution in [0.1, 0.15) is 6.92 Å². The Balaban J connectivity index is 3.46. The number of rotatable bonds is 5. The van der Waals surface area contributed by atoms with Gasteiger partial charge in [-0.3, -0.25) is 0 Å². The molecule has 0 aromatic heterocycles. The van der Waals surface area contributed by atoms with Crippen LogP contribution in [-0.2, 0) is 19.9 Å². The summed E-state index contributed by atoms with van der Waals surface area (Å²) in [5.74, 6) is 0. The second kappa shape index (κ2) is 5.98. The lowest BCUT2D eigenvalue weighted by Gasteiger charge is -2.23. The molecule has 114 valence electrons. The van der Waals surface area contributed by atoms with Gasteiger partial charge in [0.05, 0.1) is 16.5 Å². The third-order valence-corrected chi connectivity index (χ3v) is 6.44. The average molecular weight is 342 g/mol. The summed E-state index contributed by atoms with van der Waals surface area (Å²) >= 11 is 5.86. The van der Waals surface area contributed by atoms with Crippen molar-refractivity contribution in [3.8, 4) is 0 Å². The molecule has 1 atom stereocenters. The minimum atomic E-state index is -3.99. The smallest absolute Gasteiger partial charge is 0.244 e. The minimum absolute atomic E-state index is 0.0746. The van der Waals surface area contributed by atoms with Gasteiger partial charge in [-0.15, -0.1) is 0 Å². The number of aliphatic hydroxyl groups is 1. The van der Waals surface area contributed by atoms with E-state index in [1.54, 1.807) is 0 Å². The molecule has 0 saturated heterocycles. The maximum Gasteiger partial charge on any atom is 0.244 e. The quantitative estimate of drug-likeness (QED) is 0.853. The number of likely N-dealkylation sites (N-methyl/N-ethyl adjacent to an activating group) is 1. The zero-order valence-electron chi connectivity index (χ0n) is 11.2. The lowest BCUT2D eigenvalue weighted by molar-refractivity contribution is 0.214. The van der Waals surface area contributed by atoms with Gasteiger partial charge in [-0.05, 0) is 25.1 Å². The molecular formula is C11H16ClNO5S2. The maximum atomic E-state index is 12.4. The van der Waals surface area contributed by atoms with Gasteiger partial charge in [0.15, 0.2) is 9.84 Å². The molecule has 0 amide bonds. The Morgan fingerprint density at radius 3 is 2.30 bits per heavy atom. The van der Waals surface area contributed by atoms with Crippen LogP contribution >= 0.6 is 11.6 Å². The third-order valence-electron chi connectivity index (χ3n) is 2.87. The molecule has 1 unspecified atom stereocenters. The Morgan fingerprint density at radius 1 is 1.30 bits per heavy atom. The van der Waals surface area contributed by atoms with Crippen molar-refractivity contribution in [1.29, 1.82) is 0 Å². The Hall–Kier alpha value is -0.670. The van der Waals surface area contributed by atoms with E-state index >= 15 is 0 Å². The summed E-state index contributed by atoms with van der Waals surface area (Å²) in [4.78, 5) is -0.435. The molecule has 0 aliphatic carbocycles. The number of halogens is 1. The predicted octanol–water partition coefficient (Wildman–Crippen LogP) is 0.745. The Kier molecular flexibility index (Phi) is 5.20. The van der Waals surface area contributed by atoms with Crippen LogP contribution in [0.5, 0.6) is 0 Å². The van der Waals surface area contributed by atoms with Gasteiger partial charge >= 0.3 is 0 Å². The Labute approximate surface area is 123 Å². The van der Waals surface area contributed by atoms with Crippen LogP contribution in [0.25, 0.3) is 0 Å². The van der Waals surface area contributed by atoms with E-state index in [2.05, 4.69) is 0 Å². The molecule has 6 nitrogen and oxygen atoms in total. The van der Waals surface area contributed by atoms with Crippen LogP contribution in [0.15, 0.2) is 28.0 Å². The summed E-state index contributed by atoms with van der Waals surface area (Å²) in [5, 5.41) is 8.96. The van der Waals surface area contributed by atoms with Crippen molar-refractivity contribution in [2.45, 2.75) is 22.8 Å². The van der Waals surface area contributed by atoms with Gasteiger partial charge in [0.2, 0.25) is 10.0 Å². The number of hydrogen-bond donors (Lipinski definition) is 1. The predicted molar refractivity (Wildman–Crippen MR) is 76.1 cm³/mol. The van der Waals surface area contributed by atoms with E-state index in [4.69, 9.17) is 16.7 Å². The van der Waals surface area contributed by atoms with E-state index in [1.165, 1.54) is 26.1 Å². The molecule has 1 rings (SSSR count). The highest BCUT2D eigenvalue weighted by Crippen LogP contribution is 2.27. The van der Waals surface area contributed by atoms with Gasteiger partial charge in [-0.2, -0.15) is 4.31 Å². The molecule has 0 heterocycles. The molecule has 0 aliphatic rings. The first-order valence-electron chi connectivity index (χ1n) is 5.60. The SMILES string of the molecule is CC(CO)N(C)S(=O)(=O)c1cc(S(C)(=O)=O)ccc1Cl. The summed E-state index contributed by atoms with van der Waals surface area (Å²) in [5.41, 5.74) is 0. The molecule has 0 spiro atoms. The van der Waals surface area contributed by atoms with Gasteiger partial charge in [0, 0.05) is 19.3 Å². The van der Waals surface area contributed by atoms with Gasteiger partial charge in [0.25, 0.3) is 0 Å². The molecule has 9 heteroatoms. The zero-order chi connectivity index (χ0) is 15.7. The van der Waals surface area contributed by atoms with Crippen molar-refractivity contribution in [3.63, 3.8) is 0 Å². The van der Waals surface area contributed by atoms with E-state index in [9.17, 15) is 16.8 Å². The first-order chi connectivity index (χ1) is 9.01. The molecule has 0 aliphatic heterocycles.